The predicted molar refractivity (Wildman–Crippen MR) is 58.4 cm³/mol. The van der Waals surface area contributed by atoms with E-state index < -0.39 is 0 Å². The van der Waals surface area contributed by atoms with Crippen LogP contribution >= 0.6 is 0 Å². The molecule has 3 nitrogen and oxygen atoms in total. The van der Waals surface area contributed by atoms with E-state index in [1.807, 2.05) is 0 Å². The molecule has 1 amide bonds. The lowest BCUT2D eigenvalue weighted by molar-refractivity contribution is -0.129. The lowest BCUT2D eigenvalue weighted by Crippen LogP contribution is -2.41. The highest BCUT2D eigenvalue weighted by Crippen LogP contribution is 2.45. The van der Waals surface area contributed by atoms with Crippen molar-refractivity contribution in [2.24, 2.45) is 17.3 Å². The summed E-state index contributed by atoms with van der Waals surface area (Å²) in [6.45, 7) is 3.80. The van der Waals surface area contributed by atoms with Crippen LogP contribution in [-0.2, 0) is 9.53 Å². The van der Waals surface area contributed by atoms with Gasteiger partial charge >= 0.3 is 0 Å². The summed E-state index contributed by atoms with van der Waals surface area (Å²) in [7, 11) is 1.73. The number of amides is 1. The average molecular weight is 211 g/mol. The lowest BCUT2D eigenvalue weighted by atomic mass is 9.75. The van der Waals surface area contributed by atoms with Crippen molar-refractivity contribution in [2.45, 2.75) is 32.6 Å². The number of hydrogen-bond donors (Lipinski definition) is 1. The molecule has 2 fully saturated rings. The molecule has 2 rings (SSSR count). The molecular formula is C12H21NO2. The molecule has 0 saturated heterocycles. The summed E-state index contributed by atoms with van der Waals surface area (Å²) >= 11 is 0. The normalized spacial score (nSPS) is 31.9. The highest BCUT2D eigenvalue weighted by Gasteiger charge is 2.43. The summed E-state index contributed by atoms with van der Waals surface area (Å²) < 4.78 is 5.17. The maximum Gasteiger partial charge on any atom is 0.223 e. The Morgan fingerprint density at radius 2 is 2.13 bits per heavy atom. The van der Waals surface area contributed by atoms with E-state index in [0.29, 0.717) is 5.92 Å². The fourth-order valence-corrected chi connectivity index (χ4v) is 2.39. The van der Waals surface area contributed by atoms with Crippen LogP contribution in [0, 0.1) is 17.3 Å². The second-order valence-corrected chi connectivity index (χ2v) is 5.42. The van der Waals surface area contributed by atoms with Gasteiger partial charge in [-0.05, 0) is 31.6 Å². The van der Waals surface area contributed by atoms with Crippen LogP contribution in [0.4, 0.5) is 0 Å². The molecule has 2 saturated carbocycles. The van der Waals surface area contributed by atoms with Gasteiger partial charge in [0.1, 0.15) is 0 Å². The Balaban J connectivity index is 1.67. The van der Waals surface area contributed by atoms with Crippen LogP contribution in [0.25, 0.3) is 0 Å². The number of carbonyl (C=O) groups is 1. The van der Waals surface area contributed by atoms with E-state index in [0.717, 1.165) is 31.9 Å². The van der Waals surface area contributed by atoms with Crippen molar-refractivity contribution in [2.75, 3.05) is 20.3 Å². The van der Waals surface area contributed by atoms with Crippen molar-refractivity contribution in [1.29, 1.82) is 0 Å². The zero-order valence-corrected chi connectivity index (χ0v) is 9.71. The van der Waals surface area contributed by atoms with Gasteiger partial charge in [-0.2, -0.15) is 0 Å². The minimum atomic E-state index is 0.260. The fourth-order valence-electron chi connectivity index (χ4n) is 2.39. The molecular weight excluding hydrogens is 190 g/mol. The minimum absolute atomic E-state index is 0.260. The Morgan fingerprint density at radius 3 is 2.60 bits per heavy atom. The summed E-state index contributed by atoms with van der Waals surface area (Å²) in [5.41, 5.74) is 0.278. The summed E-state index contributed by atoms with van der Waals surface area (Å²) in [5, 5.41) is 3.07. The van der Waals surface area contributed by atoms with Crippen molar-refractivity contribution in [3.63, 3.8) is 0 Å². The van der Waals surface area contributed by atoms with Crippen LogP contribution in [0.15, 0.2) is 0 Å². The van der Waals surface area contributed by atoms with E-state index in [4.69, 9.17) is 4.74 Å². The first-order valence-corrected chi connectivity index (χ1v) is 5.92. The number of rotatable bonds is 5. The zero-order chi connectivity index (χ0) is 10.9. The van der Waals surface area contributed by atoms with Gasteiger partial charge in [0.15, 0.2) is 0 Å². The van der Waals surface area contributed by atoms with Crippen molar-refractivity contribution >= 4 is 5.91 Å². The molecule has 15 heavy (non-hydrogen) atoms. The highest BCUT2D eigenvalue weighted by molar-refractivity contribution is 5.79. The molecule has 2 aliphatic rings. The second-order valence-electron chi connectivity index (χ2n) is 5.42. The smallest absolute Gasteiger partial charge is 0.223 e. The SMILES string of the molecule is COCC1(CNC(=O)C2CC(C)C2)CC1. The van der Waals surface area contributed by atoms with Crippen LogP contribution in [0.2, 0.25) is 0 Å². The standard InChI is InChI=1S/C12H21NO2/c1-9-5-10(6-9)11(14)13-7-12(3-4-12)8-15-2/h9-10H,3-8H2,1-2H3,(H,13,14). The van der Waals surface area contributed by atoms with Crippen LogP contribution < -0.4 is 5.32 Å². The fraction of sp³-hybridized carbons (Fsp3) is 0.917. The van der Waals surface area contributed by atoms with Gasteiger partial charge in [-0.15, -0.1) is 0 Å². The minimum Gasteiger partial charge on any atom is -0.384 e. The van der Waals surface area contributed by atoms with Gasteiger partial charge in [-0.1, -0.05) is 6.92 Å². The third-order valence-corrected chi connectivity index (χ3v) is 3.79. The second kappa shape index (κ2) is 4.12. The van der Waals surface area contributed by atoms with E-state index in [2.05, 4.69) is 12.2 Å². The van der Waals surface area contributed by atoms with Crippen molar-refractivity contribution in [3.05, 3.63) is 0 Å². The number of ether oxygens (including phenoxy) is 1. The molecule has 0 spiro atoms. The molecule has 0 atom stereocenters. The van der Waals surface area contributed by atoms with Gasteiger partial charge in [0.05, 0.1) is 6.61 Å². The summed E-state index contributed by atoms with van der Waals surface area (Å²) in [6.07, 6.45) is 4.54. The molecule has 0 bridgehead atoms. The van der Waals surface area contributed by atoms with Gasteiger partial charge in [0, 0.05) is 25.0 Å². The zero-order valence-electron chi connectivity index (χ0n) is 9.71. The van der Waals surface area contributed by atoms with Gasteiger partial charge in [0.2, 0.25) is 5.91 Å². The van der Waals surface area contributed by atoms with Crippen LogP contribution in [-0.4, -0.2) is 26.2 Å². The number of methoxy groups -OCH3 is 1. The number of hydrogen-bond acceptors (Lipinski definition) is 2. The summed E-state index contributed by atoms with van der Waals surface area (Å²) in [6, 6.07) is 0. The Morgan fingerprint density at radius 1 is 1.47 bits per heavy atom. The number of carbonyl (C=O) groups excluding carboxylic acids is 1. The molecule has 0 heterocycles. The van der Waals surface area contributed by atoms with E-state index in [1.165, 1.54) is 12.8 Å². The first kappa shape index (κ1) is 10.9. The van der Waals surface area contributed by atoms with E-state index in [9.17, 15) is 4.79 Å². The third kappa shape index (κ3) is 2.51. The molecule has 1 N–H and O–H groups in total. The molecule has 0 unspecified atom stereocenters. The lowest BCUT2D eigenvalue weighted by Gasteiger charge is -2.31. The molecule has 0 aromatic carbocycles. The topological polar surface area (TPSA) is 38.3 Å². The molecule has 0 aromatic heterocycles. The van der Waals surface area contributed by atoms with Crippen molar-refractivity contribution in [1.82, 2.24) is 5.32 Å². The third-order valence-electron chi connectivity index (χ3n) is 3.79. The molecule has 0 aromatic rings. The maximum absolute atomic E-state index is 11.7. The molecule has 0 radical (unpaired) electrons. The predicted octanol–water partition coefficient (Wildman–Crippen LogP) is 1.58. The van der Waals surface area contributed by atoms with E-state index in [1.54, 1.807) is 7.11 Å². The van der Waals surface area contributed by atoms with Crippen molar-refractivity contribution < 1.29 is 9.53 Å². The van der Waals surface area contributed by atoms with Gasteiger partial charge < -0.3 is 10.1 Å². The van der Waals surface area contributed by atoms with E-state index in [-0.39, 0.29) is 11.3 Å². The monoisotopic (exact) mass is 211 g/mol. The van der Waals surface area contributed by atoms with Gasteiger partial charge in [-0.3, -0.25) is 4.79 Å². The quantitative estimate of drug-likeness (QED) is 0.749. The first-order valence-electron chi connectivity index (χ1n) is 5.92. The Kier molecular flexibility index (Phi) is 3.01. The maximum atomic E-state index is 11.7. The van der Waals surface area contributed by atoms with Crippen LogP contribution in [0.5, 0.6) is 0 Å². The van der Waals surface area contributed by atoms with E-state index >= 15 is 0 Å². The Labute approximate surface area is 91.6 Å². The number of nitrogens with one attached hydrogen (secondary N) is 1. The molecule has 2 aliphatic carbocycles. The summed E-state index contributed by atoms with van der Waals surface area (Å²) in [4.78, 5) is 11.7. The largest absolute Gasteiger partial charge is 0.384 e. The van der Waals surface area contributed by atoms with Crippen molar-refractivity contribution in [3.8, 4) is 0 Å². The van der Waals surface area contributed by atoms with Gasteiger partial charge in [0.25, 0.3) is 0 Å². The Bertz CT molecular complexity index is 242. The highest BCUT2D eigenvalue weighted by atomic mass is 16.5. The molecule has 86 valence electrons. The molecule has 3 heteroatoms. The molecule has 0 aliphatic heterocycles. The summed E-state index contributed by atoms with van der Waals surface area (Å²) in [5.74, 6) is 1.29. The van der Waals surface area contributed by atoms with Crippen LogP contribution in [0.3, 0.4) is 0 Å². The first-order chi connectivity index (χ1) is 7.15. The average Bonchev–Trinajstić information content (AvgIpc) is 2.91. The van der Waals surface area contributed by atoms with Gasteiger partial charge in [-0.25, -0.2) is 0 Å². The van der Waals surface area contributed by atoms with Crippen LogP contribution in [0.1, 0.15) is 32.6 Å². The Hall–Kier alpha value is -0.570.